The summed E-state index contributed by atoms with van der Waals surface area (Å²) in [5.74, 6) is -2.41. The minimum Gasteiger partial charge on any atom is -0.341 e. The molecule has 0 spiro atoms. The van der Waals surface area contributed by atoms with Gasteiger partial charge in [-0.1, -0.05) is 42.8 Å². The normalized spacial score (nSPS) is 11.4. The third-order valence-corrected chi connectivity index (χ3v) is 7.84. The molecule has 238 valence electrons. The Morgan fingerprint density at radius 2 is 1.78 bits per heavy atom. The SMILES string of the molecule is CCc1ccc(NC(=O)CN(C=O)/C=C(\C(=O)N(C)CCS(C)(=O)=O)c2cccc(F)c2Cl)cc1CC(=O)Nc1ccccn1. The first-order chi connectivity index (χ1) is 21.3. The fourth-order valence-corrected chi connectivity index (χ4v) is 5.05. The molecule has 0 saturated carbocycles. The second-order valence-electron chi connectivity index (χ2n) is 10.1. The van der Waals surface area contributed by atoms with Gasteiger partial charge in [0.1, 0.15) is 28.0 Å². The van der Waals surface area contributed by atoms with Crippen molar-refractivity contribution in [1.29, 1.82) is 0 Å². The fourth-order valence-electron chi connectivity index (χ4n) is 4.22. The number of rotatable bonds is 14. The predicted octanol–water partition coefficient (Wildman–Crippen LogP) is 3.56. The number of pyridine rings is 1. The van der Waals surface area contributed by atoms with Gasteiger partial charge in [-0.25, -0.2) is 17.8 Å². The van der Waals surface area contributed by atoms with Crippen LogP contribution < -0.4 is 10.6 Å². The quantitative estimate of drug-likeness (QED) is 0.199. The molecule has 0 unspecified atom stereocenters. The largest absolute Gasteiger partial charge is 0.341 e. The molecule has 3 aromatic rings. The Morgan fingerprint density at radius 3 is 2.42 bits per heavy atom. The Kier molecular flexibility index (Phi) is 12.3. The molecule has 0 aliphatic heterocycles. The highest BCUT2D eigenvalue weighted by Gasteiger charge is 2.23. The van der Waals surface area contributed by atoms with E-state index in [0.29, 0.717) is 29.9 Å². The Balaban J connectivity index is 1.81. The van der Waals surface area contributed by atoms with Crippen molar-refractivity contribution in [3.8, 4) is 0 Å². The van der Waals surface area contributed by atoms with Crippen molar-refractivity contribution in [3.63, 3.8) is 0 Å². The van der Waals surface area contributed by atoms with E-state index in [9.17, 15) is 32.0 Å². The highest BCUT2D eigenvalue weighted by Crippen LogP contribution is 2.28. The number of benzene rings is 2. The molecular formula is C31H33ClFN5O6S. The lowest BCUT2D eigenvalue weighted by atomic mass is 10.0. The van der Waals surface area contributed by atoms with Crippen molar-refractivity contribution in [2.24, 2.45) is 0 Å². The van der Waals surface area contributed by atoms with Crippen LogP contribution in [0.4, 0.5) is 15.9 Å². The number of sulfone groups is 1. The molecule has 0 saturated heterocycles. The van der Waals surface area contributed by atoms with Crippen LogP contribution in [0.15, 0.2) is 67.0 Å². The second-order valence-corrected chi connectivity index (χ2v) is 12.7. The minimum atomic E-state index is -3.40. The molecule has 3 rings (SSSR count). The van der Waals surface area contributed by atoms with Gasteiger partial charge in [0.25, 0.3) is 5.91 Å². The van der Waals surface area contributed by atoms with E-state index in [1.54, 1.807) is 42.6 Å². The van der Waals surface area contributed by atoms with E-state index < -0.39 is 34.0 Å². The van der Waals surface area contributed by atoms with E-state index in [4.69, 9.17) is 11.6 Å². The van der Waals surface area contributed by atoms with Crippen LogP contribution >= 0.6 is 11.6 Å². The average Bonchev–Trinajstić information content (AvgIpc) is 2.99. The number of carbonyl (C=O) groups excluding carboxylic acids is 4. The number of amides is 4. The lowest BCUT2D eigenvalue weighted by Crippen LogP contribution is -2.34. The first-order valence-corrected chi connectivity index (χ1v) is 16.2. The van der Waals surface area contributed by atoms with E-state index in [1.165, 1.54) is 19.2 Å². The van der Waals surface area contributed by atoms with Gasteiger partial charge in [-0.3, -0.25) is 19.2 Å². The molecule has 4 amide bonds. The molecule has 0 atom stereocenters. The summed E-state index contributed by atoms with van der Waals surface area (Å²) in [6, 6.07) is 14.0. The third-order valence-electron chi connectivity index (χ3n) is 6.53. The maximum absolute atomic E-state index is 14.3. The maximum Gasteiger partial charge on any atom is 0.255 e. The highest BCUT2D eigenvalue weighted by molar-refractivity contribution is 7.90. The van der Waals surface area contributed by atoms with Gasteiger partial charge in [0, 0.05) is 43.5 Å². The van der Waals surface area contributed by atoms with E-state index in [0.717, 1.165) is 33.9 Å². The Bertz CT molecular complexity index is 1700. The molecule has 1 heterocycles. The summed E-state index contributed by atoms with van der Waals surface area (Å²) in [4.78, 5) is 57.1. The molecule has 0 fully saturated rings. The van der Waals surface area contributed by atoms with Crippen molar-refractivity contribution >= 4 is 62.6 Å². The molecule has 11 nitrogen and oxygen atoms in total. The second kappa shape index (κ2) is 15.9. The van der Waals surface area contributed by atoms with Gasteiger partial charge in [-0.2, -0.15) is 0 Å². The zero-order chi connectivity index (χ0) is 33.1. The van der Waals surface area contributed by atoms with E-state index >= 15 is 0 Å². The van der Waals surface area contributed by atoms with Gasteiger partial charge in [0.15, 0.2) is 0 Å². The predicted molar refractivity (Wildman–Crippen MR) is 171 cm³/mol. The van der Waals surface area contributed by atoms with Crippen LogP contribution in [0.3, 0.4) is 0 Å². The van der Waals surface area contributed by atoms with Crippen LogP contribution in [0, 0.1) is 5.82 Å². The van der Waals surface area contributed by atoms with Gasteiger partial charge in [-0.15, -0.1) is 0 Å². The number of halogens is 2. The molecule has 0 bridgehead atoms. The van der Waals surface area contributed by atoms with Crippen molar-refractivity contribution in [2.45, 2.75) is 19.8 Å². The van der Waals surface area contributed by atoms with Gasteiger partial charge in [-0.05, 0) is 47.9 Å². The number of nitrogens with one attached hydrogen (secondary N) is 2. The highest BCUT2D eigenvalue weighted by atomic mass is 35.5. The summed E-state index contributed by atoms with van der Waals surface area (Å²) >= 11 is 6.15. The van der Waals surface area contributed by atoms with Crippen molar-refractivity contribution < 1.29 is 32.0 Å². The number of aryl methyl sites for hydroxylation is 1. The Morgan fingerprint density at radius 1 is 1.02 bits per heavy atom. The van der Waals surface area contributed by atoms with Crippen LogP contribution in [0.1, 0.15) is 23.6 Å². The molecule has 0 aliphatic carbocycles. The summed E-state index contributed by atoms with van der Waals surface area (Å²) < 4.78 is 37.6. The van der Waals surface area contributed by atoms with Crippen LogP contribution in [0.5, 0.6) is 0 Å². The van der Waals surface area contributed by atoms with Crippen LogP contribution in [0.25, 0.3) is 5.57 Å². The number of carbonyl (C=O) groups is 4. The van der Waals surface area contributed by atoms with Crippen LogP contribution in [0.2, 0.25) is 5.02 Å². The molecule has 2 aromatic carbocycles. The molecule has 1 aromatic heterocycles. The van der Waals surface area contributed by atoms with E-state index in [-0.39, 0.29) is 40.8 Å². The molecule has 0 radical (unpaired) electrons. The number of likely N-dealkylation sites (N-methyl/N-ethyl adjacent to an activating group) is 1. The standard InChI is InChI=1S/C31H33ClFN5O6S/c1-4-21-11-12-23(16-22(21)17-28(40)36-27-10-5-6-13-34-27)35-29(41)19-38(20-39)18-25(24-8-7-9-26(33)30(24)32)31(42)37(2)14-15-45(3,43)44/h5-13,16,18,20H,4,14-15,17,19H2,1-3H3,(H,35,41)(H,34,36,40)/b25-18-. The molecule has 2 N–H and O–H groups in total. The van der Waals surface area contributed by atoms with Gasteiger partial charge >= 0.3 is 0 Å². The van der Waals surface area contributed by atoms with Crippen LogP contribution in [-0.2, 0) is 41.9 Å². The smallest absolute Gasteiger partial charge is 0.255 e. The van der Waals surface area contributed by atoms with Gasteiger partial charge in [0.05, 0.1) is 22.8 Å². The fraction of sp³-hybridized carbons (Fsp3) is 0.258. The number of anilines is 2. The number of hydrogen-bond donors (Lipinski definition) is 2. The molecular weight excluding hydrogens is 625 g/mol. The number of hydrogen-bond acceptors (Lipinski definition) is 7. The van der Waals surface area contributed by atoms with Crippen molar-refractivity contribution in [2.75, 3.05) is 42.8 Å². The first kappa shape index (κ1) is 34.9. The minimum absolute atomic E-state index is 0.0272. The van der Waals surface area contributed by atoms with Gasteiger partial charge in [0.2, 0.25) is 18.2 Å². The Hall–Kier alpha value is -4.62. The summed E-state index contributed by atoms with van der Waals surface area (Å²) in [6.45, 7) is 1.22. The maximum atomic E-state index is 14.3. The zero-order valence-electron chi connectivity index (χ0n) is 24.9. The van der Waals surface area contributed by atoms with Crippen molar-refractivity contribution in [3.05, 3.63) is 94.5 Å². The number of nitrogens with zero attached hydrogens (tertiary/aromatic N) is 3. The molecule has 14 heteroatoms. The summed E-state index contributed by atoms with van der Waals surface area (Å²) in [5, 5.41) is 5.02. The van der Waals surface area contributed by atoms with E-state index in [2.05, 4.69) is 15.6 Å². The Labute approximate surface area is 266 Å². The first-order valence-electron chi connectivity index (χ1n) is 13.7. The molecule has 45 heavy (non-hydrogen) atoms. The number of aromatic nitrogens is 1. The lowest BCUT2D eigenvalue weighted by molar-refractivity contribution is -0.124. The van der Waals surface area contributed by atoms with Crippen molar-refractivity contribution in [1.82, 2.24) is 14.8 Å². The topological polar surface area (TPSA) is 146 Å². The summed E-state index contributed by atoms with van der Waals surface area (Å²) in [7, 11) is -2.06. The third kappa shape index (κ3) is 10.5. The molecule has 0 aliphatic rings. The van der Waals surface area contributed by atoms with Gasteiger partial charge < -0.3 is 20.4 Å². The van der Waals surface area contributed by atoms with E-state index in [1.807, 2.05) is 6.92 Å². The zero-order valence-corrected chi connectivity index (χ0v) is 26.5. The summed E-state index contributed by atoms with van der Waals surface area (Å²) in [6.07, 6.45) is 4.61. The average molecular weight is 658 g/mol. The summed E-state index contributed by atoms with van der Waals surface area (Å²) in [5.41, 5.74) is 1.67. The van der Waals surface area contributed by atoms with Crippen LogP contribution in [-0.4, -0.2) is 79.5 Å². The lowest BCUT2D eigenvalue weighted by Gasteiger charge is -2.21. The monoisotopic (exact) mass is 657 g/mol.